The summed E-state index contributed by atoms with van der Waals surface area (Å²) in [6.45, 7) is 16.5. The van der Waals surface area contributed by atoms with E-state index in [-0.39, 0.29) is 82.8 Å². The maximum atomic E-state index is 14.0. The van der Waals surface area contributed by atoms with E-state index in [0.717, 1.165) is 56.9 Å². The lowest BCUT2D eigenvalue weighted by molar-refractivity contribution is -0.193. The second-order valence-electron chi connectivity index (χ2n) is 21.1. The van der Waals surface area contributed by atoms with Gasteiger partial charge in [-0.2, -0.15) is 0 Å². The predicted octanol–water partition coefficient (Wildman–Crippen LogP) is 8.43. The number of ketones is 2. The first-order valence-electron chi connectivity index (χ1n) is 22.3. The molecule has 5 saturated carbocycles. The van der Waals surface area contributed by atoms with Gasteiger partial charge in [-0.3, -0.25) is 24.0 Å². The number of carboxylic acids is 1. The number of fused-ring (bicyclic) bond motifs is 7. The zero-order chi connectivity index (χ0) is 42.1. The Morgan fingerprint density at radius 3 is 2.24 bits per heavy atom. The van der Waals surface area contributed by atoms with Gasteiger partial charge in [-0.05, 0) is 145 Å². The molecule has 0 spiro atoms. The summed E-state index contributed by atoms with van der Waals surface area (Å²) in [6, 6.07) is 6.21. The van der Waals surface area contributed by atoms with Crippen LogP contribution in [0, 0.1) is 74.9 Å². The molecule has 0 heterocycles. The maximum absolute atomic E-state index is 14.0. The molecule has 0 aliphatic heterocycles. The van der Waals surface area contributed by atoms with E-state index in [2.05, 4.69) is 52.2 Å². The van der Waals surface area contributed by atoms with Crippen molar-refractivity contribution in [2.45, 2.75) is 132 Å². The summed E-state index contributed by atoms with van der Waals surface area (Å²) in [5.74, 6) is 0.875. The highest BCUT2D eigenvalue weighted by Crippen LogP contribution is 2.74. The molecule has 58 heavy (non-hydrogen) atoms. The van der Waals surface area contributed by atoms with Crippen LogP contribution in [-0.4, -0.2) is 53.6 Å². The largest absolute Gasteiger partial charge is 0.481 e. The van der Waals surface area contributed by atoms with Crippen molar-refractivity contribution in [2.24, 2.45) is 80.7 Å². The molecular weight excluding hydrogens is 750 g/mol. The van der Waals surface area contributed by atoms with Crippen molar-refractivity contribution in [1.29, 1.82) is 0 Å². The molecule has 1 aromatic carbocycles. The first-order valence-corrected chi connectivity index (χ1v) is 22.7. The first kappa shape index (κ1) is 43.1. The van der Waals surface area contributed by atoms with Gasteiger partial charge in [-0.25, -0.2) is 0 Å². The number of carbonyl (C=O) groups excluding carboxylic acids is 4. The number of rotatable bonds is 12. The average molecular weight is 819 g/mol. The highest BCUT2D eigenvalue weighted by molar-refractivity contribution is 6.30. The molecule has 6 aliphatic carbocycles. The minimum atomic E-state index is -0.776. The van der Waals surface area contributed by atoms with Gasteiger partial charge in [0.25, 0.3) is 5.91 Å². The zero-order valence-corrected chi connectivity index (χ0v) is 36.7. The zero-order valence-electron chi connectivity index (χ0n) is 35.9. The van der Waals surface area contributed by atoms with Crippen LogP contribution in [0.2, 0.25) is 5.02 Å². The molecular formula is C48H68ClN3O6. The van der Waals surface area contributed by atoms with E-state index in [1.807, 2.05) is 6.92 Å². The molecule has 2 amide bonds. The van der Waals surface area contributed by atoms with Gasteiger partial charge in [0.1, 0.15) is 5.78 Å². The Morgan fingerprint density at radius 1 is 0.914 bits per heavy atom. The summed E-state index contributed by atoms with van der Waals surface area (Å²) in [7, 11) is 0. The van der Waals surface area contributed by atoms with Gasteiger partial charge < -0.3 is 21.5 Å². The van der Waals surface area contributed by atoms with Crippen molar-refractivity contribution >= 4 is 41.0 Å². The van der Waals surface area contributed by atoms with E-state index in [1.54, 1.807) is 24.3 Å². The fourth-order valence-corrected chi connectivity index (χ4v) is 14.8. The number of hydrogen-bond acceptors (Lipinski definition) is 6. The van der Waals surface area contributed by atoms with Crippen molar-refractivity contribution < 1.29 is 29.1 Å². The van der Waals surface area contributed by atoms with Crippen LogP contribution in [0.25, 0.3) is 0 Å². The smallest absolute Gasteiger partial charge is 0.306 e. The third-order valence-electron chi connectivity index (χ3n) is 17.7. The van der Waals surface area contributed by atoms with E-state index in [0.29, 0.717) is 53.5 Å². The van der Waals surface area contributed by atoms with Crippen molar-refractivity contribution in [3.05, 3.63) is 46.0 Å². The number of nitrogens with one attached hydrogen (secondary N) is 2. The number of hydrogen-bond donors (Lipinski definition) is 4. The van der Waals surface area contributed by atoms with E-state index in [4.69, 9.17) is 17.3 Å². The molecule has 0 radical (unpaired) electrons. The van der Waals surface area contributed by atoms with Gasteiger partial charge >= 0.3 is 5.97 Å². The lowest BCUT2D eigenvalue weighted by Gasteiger charge is -2.69. The van der Waals surface area contributed by atoms with Crippen molar-refractivity contribution in [3.63, 3.8) is 0 Å². The Labute approximate surface area is 350 Å². The Morgan fingerprint density at radius 2 is 1.60 bits per heavy atom. The van der Waals surface area contributed by atoms with Gasteiger partial charge in [0.15, 0.2) is 5.78 Å². The summed E-state index contributed by atoms with van der Waals surface area (Å²) in [5, 5.41) is 16.1. The fourth-order valence-electron chi connectivity index (χ4n) is 14.7. The van der Waals surface area contributed by atoms with E-state index in [9.17, 15) is 29.1 Å². The molecule has 5 N–H and O–H groups in total. The number of allylic oxidation sites excluding steroid dienone is 2. The SMILES string of the molecule is CC(C)C1=C2C3CCC4C(C)(CCC5C(C)(C)C(CC(=O)C6CC(C(=O)O)C6C)CCC54C)C3CCC2(CC(=O)NC(CN)CNC(=O)c2ccc(Cl)cc2)CC1=O. The lowest BCUT2D eigenvalue weighted by Crippen LogP contribution is -2.62. The number of aliphatic carboxylic acids is 1. The van der Waals surface area contributed by atoms with Crippen molar-refractivity contribution in [2.75, 3.05) is 13.1 Å². The van der Waals surface area contributed by atoms with Crippen LogP contribution in [0.3, 0.4) is 0 Å². The summed E-state index contributed by atoms with van der Waals surface area (Å²) in [6.07, 6.45) is 10.0. The van der Waals surface area contributed by atoms with Crippen LogP contribution in [0.4, 0.5) is 0 Å². The predicted molar refractivity (Wildman–Crippen MR) is 226 cm³/mol. The molecule has 10 heteroatoms. The number of amides is 2. The van der Waals surface area contributed by atoms with E-state index in [1.165, 1.54) is 5.57 Å². The molecule has 0 saturated heterocycles. The Bertz CT molecular complexity index is 1860. The number of benzene rings is 1. The Hall–Kier alpha value is -3.04. The number of carboxylic acid groups (broad SMARTS) is 1. The van der Waals surface area contributed by atoms with E-state index >= 15 is 0 Å². The second-order valence-corrected chi connectivity index (χ2v) is 21.6. The van der Waals surface area contributed by atoms with Crippen LogP contribution < -0.4 is 16.4 Å². The molecule has 0 aromatic heterocycles. The van der Waals surface area contributed by atoms with Gasteiger partial charge in [-0.15, -0.1) is 0 Å². The quantitative estimate of drug-likeness (QED) is 0.165. The normalized spacial score (nSPS) is 38.1. The minimum Gasteiger partial charge on any atom is -0.481 e. The topological polar surface area (TPSA) is 156 Å². The number of Topliss-reactive ketones (excluding diaryl/α,β-unsaturated/α-hetero) is 2. The van der Waals surface area contributed by atoms with Crippen LogP contribution in [0.15, 0.2) is 35.4 Å². The van der Waals surface area contributed by atoms with Crippen molar-refractivity contribution in [1.82, 2.24) is 10.6 Å². The lowest BCUT2D eigenvalue weighted by atomic mass is 9.35. The molecule has 0 bridgehead atoms. The van der Waals surface area contributed by atoms with Gasteiger partial charge in [0.05, 0.1) is 12.0 Å². The second kappa shape index (κ2) is 15.8. The summed E-state index contributed by atoms with van der Waals surface area (Å²) in [4.78, 5) is 66.1. The summed E-state index contributed by atoms with van der Waals surface area (Å²) in [5.41, 5.74) is 8.61. The molecule has 9 nitrogen and oxygen atoms in total. The Kier molecular flexibility index (Phi) is 11.7. The number of carbonyl (C=O) groups is 5. The average Bonchev–Trinajstić information content (AvgIpc) is 3.45. The highest BCUT2D eigenvalue weighted by Gasteiger charge is 2.66. The first-order chi connectivity index (χ1) is 27.3. The fraction of sp³-hybridized carbons (Fsp3) is 0.729. The maximum Gasteiger partial charge on any atom is 0.306 e. The summed E-state index contributed by atoms with van der Waals surface area (Å²) < 4.78 is 0. The number of halogens is 1. The van der Waals surface area contributed by atoms with Crippen LogP contribution in [0.1, 0.15) is 136 Å². The standard InChI is InChI=1S/C48H68ClN3O6/c1-26(2)41-37(54)22-48(23-40(55)52-31(24-50)25-51-43(56)28-8-10-30(49)11-9-28)19-15-35-32(42(41)48)12-13-39-46(35,6)18-16-38-45(4,5)29(14-17-47(38,39)7)20-36(53)33-21-34(27(33)3)44(57)58/h8-11,26-27,29,31-35,38-39H,12-25,50H2,1-7H3,(H,51,56)(H,52,55)(H,57,58). The monoisotopic (exact) mass is 817 g/mol. The Balaban J connectivity index is 1.06. The van der Waals surface area contributed by atoms with Crippen LogP contribution in [-0.2, 0) is 19.2 Å². The molecule has 6 aliphatic rings. The molecule has 12 atom stereocenters. The molecule has 318 valence electrons. The van der Waals surface area contributed by atoms with Gasteiger partial charge in [0.2, 0.25) is 5.91 Å². The van der Waals surface area contributed by atoms with Crippen LogP contribution in [0.5, 0.6) is 0 Å². The molecule has 1 aromatic rings. The number of nitrogens with two attached hydrogens (primary N) is 1. The minimum absolute atomic E-state index is 0.000356. The third-order valence-corrected chi connectivity index (χ3v) is 18.0. The van der Waals surface area contributed by atoms with Gasteiger partial charge in [-0.1, -0.05) is 65.6 Å². The van der Waals surface area contributed by atoms with Crippen LogP contribution >= 0.6 is 11.6 Å². The molecule has 12 unspecified atom stereocenters. The van der Waals surface area contributed by atoms with E-state index < -0.39 is 23.3 Å². The van der Waals surface area contributed by atoms with Crippen molar-refractivity contribution in [3.8, 4) is 0 Å². The molecule has 7 rings (SSSR count). The molecule has 5 fully saturated rings. The van der Waals surface area contributed by atoms with Gasteiger partial charge in [0, 0.05) is 54.3 Å². The summed E-state index contributed by atoms with van der Waals surface area (Å²) >= 11 is 5.99. The highest BCUT2D eigenvalue weighted by atomic mass is 35.5. The third kappa shape index (κ3) is 7.20.